The summed E-state index contributed by atoms with van der Waals surface area (Å²) in [6, 6.07) is 8.03. The van der Waals surface area contributed by atoms with Gasteiger partial charge in [0.05, 0.1) is 0 Å². The van der Waals surface area contributed by atoms with Gasteiger partial charge in [-0.25, -0.2) is 0 Å². The minimum Gasteiger partial charge on any atom is -0.399 e. The van der Waals surface area contributed by atoms with Crippen LogP contribution in [0.4, 0.5) is 11.4 Å². The average Bonchev–Trinajstić information content (AvgIpc) is 2.64. The van der Waals surface area contributed by atoms with Crippen LogP contribution in [-0.2, 0) is 0 Å². The van der Waals surface area contributed by atoms with Crippen molar-refractivity contribution in [3.05, 3.63) is 24.3 Å². The van der Waals surface area contributed by atoms with E-state index in [1.54, 1.807) is 0 Å². The zero-order chi connectivity index (χ0) is 13.8. The minimum absolute atomic E-state index is 0.596. The molecule has 19 heavy (non-hydrogen) atoms. The normalized spacial score (nSPS) is 16.1. The molecule has 0 spiro atoms. The van der Waals surface area contributed by atoms with Crippen LogP contribution in [0.3, 0.4) is 0 Å². The molecular weight excluding hydrogens is 238 g/mol. The first-order valence-corrected chi connectivity index (χ1v) is 6.69. The van der Waals surface area contributed by atoms with Gasteiger partial charge in [0.15, 0.2) is 5.96 Å². The highest BCUT2D eigenvalue weighted by molar-refractivity contribution is 5.76. The molecule has 0 atom stereocenters. The van der Waals surface area contributed by atoms with E-state index in [1.165, 1.54) is 5.69 Å². The van der Waals surface area contributed by atoms with Gasteiger partial charge in [0.25, 0.3) is 0 Å². The van der Waals surface area contributed by atoms with E-state index in [0.29, 0.717) is 5.96 Å². The summed E-state index contributed by atoms with van der Waals surface area (Å²) < 4.78 is 0. The maximum atomic E-state index is 8.05. The van der Waals surface area contributed by atoms with E-state index >= 15 is 0 Å². The summed E-state index contributed by atoms with van der Waals surface area (Å²) in [4.78, 5) is 6.36. The Morgan fingerprint density at radius 1 is 1.11 bits per heavy atom. The highest BCUT2D eigenvalue weighted by Crippen LogP contribution is 2.18. The van der Waals surface area contributed by atoms with Crippen molar-refractivity contribution in [3.8, 4) is 0 Å². The first kappa shape index (κ1) is 13.5. The second-order valence-electron chi connectivity index (χ2n) is 5.14. The van der Waals surface area contributed by atoms with Gasteiger partial charge in [-0.05, 0) is 30.7 Å². The molecule has 104 valence electrons. The predicted octanol–water partition coefficient (Wildman–Crippen LogP) is 1.28. The Labute approximate surface area is 115 Å². The van der Waals surface area contributed by atoms with Crippen molar-refractivity contribution in [1.82, 2.24) is 9.80 Å². The lowest BCUT2D eigenvalue weighted by atomic mass is 10.2. The predicted molar refractivity (Wildman–Crippen MR) is 80.7 cm³/mol. The molecule has 5 heteroatoms. The molecule has 0 radical (unpaired) electrons. The Morgan fingerprint density at radius 3 is 2.42 bits per heavy atom. The third kappa shape index (κ3) is 3.30. The number of hydrogen-bond donors (Lipinski definition) is 2. The largest absolute Gasteiger partial charge is 0.399 e. The molecule has 2 rings (SSSR count). The lowest BCUT2D eigenvalue weighted by Crippen LogP contribution is -2.42. The Bertz CT molecular complexity index is 426. The van der Waals surface area contributed by atoms with Crippen LogP contribution in [0.5, 0.6) is 0 Å². The van der Waals surface area contributed by atoms with Crippen molar-refractivity contribution in [3.63, 3.8) is 0 Å². The smallest absolute Gasteiger partial charge is 0.193 e. The third-order valence-corrected chi connectivity index (χ3v) is 3.48. The summed E-state index contributed by atoms with van der Waals surface area (Å²) in [5, 5.41) is 8.05. The van der Waals surface area contributed by atoms with E-state index in [2.05, 4.69) is 21.9 Å². The van der Waals surface area contributed by atoms with Crippen LogP contribution >= 0.6 is 0 Å². The van der Waals surface area contributed by atoms with E-state index in [4.69, 9.17) is 11.1 Å². The van der Waals surface area contributed by atoms with E-state index in [1.807, 2.05) is 31.1 Å². The van der Waals surface area contributed by atoms with Crippen molar-refractivity contribution < 1.29 is 0 Å². The minimum atomic E-state index is 0.596. The molecule has 1 fully saturated rings. The maximum absolute atomic E-state index is 8.05. The van der Waals surface area contributed by atoms with Crippen molar-refractivity contribution in [1.29, 1.82) is 5.41 Å². The SMILES string of the molecule is CN(C)C(=N)N1CCCN(c2ccc(N)cc2)CC1. The van der Waals surface area contributed by atoms with Crippen LogP contribution in [0.15, 0.2) is 24.3 Å². The fourth-order valence-electron chi connectivity index (χ4n) is 2.36. The number of nitrogen functional groups attached to an aromatic ring is 1. The first-order valence-electron chi connectivity index (χ1n) is 6.69. The van der Waals surface area contributed by atoms with Gasteiger partial charge in [-0.15, -0.1) is 0 Å². The third-order valence-electron chi connectivity index (χ3n) is 3.48. The Balaban J connectivity index is 2.00. The zero-order valence-corrected chi connectivity index (χ0v) is 11.8. The number of rotatable bonds is 1. The lowest BCUT2D eigenvalue weighted by molar-refractivity contribution is 0.382. The molecule has 0 bridgehead atoms. The lowest BCUT2D eigenvalue weighted by Gasteiger charge is -2.28. The molecule has 1 aliphatic heterocycles. The first-order chi connectivity index (χ1) is 9.08. The van der Waals surface area contributed by atoms with E-state index in [0.717, 1.165) is 38.3 Å². The molecule has 1 aromatic carbocycles. The van der Waals surface area contributed by atoms with Crippen molar-refractivity contribution >= 4 is 17.3 Å². The van der Waals surface area contributed by atoms with Gasteiger partial charge < -0.3 is 20.4 Å². The van der Waals surface area contributed by atoms with E-state index < -0.39 is 0 Å². The molecule has 0 saturated carbocycles. The second-order valence-corrected chi connectivity index (χ2v) is 5.14. The topological polar surface area (TPSA) is 59.6 Å². The van der Waals surface area contributed by atoms with Gasteiger partial charge in [-0.2, -0.15) is 0 Å². The second kappa shape index (κ2) is 5.82. The Hall–Kier alpha value is -1.91. The molecule has 1 heterocycles. The summed E-state index contributed by atoms with van der Waals surface area (Å²) in [7, 11) is 3.84. The molecule has 1 saturated heterocycles. The Morgan fingerprint density at radius 2 is 1.79 bits per heavy atom. The van der Waals surface area contributed by atoms with Gasteiger partial charge in [-0.1, -0.05) is 0 Å². The number of nitrogens with zero attached hydrogens (tertiary/aromatic N) is 3. The van der Waals surface area contributed by atoms with Gasteiger partial charge in [0.2, 0.25) is 0 Å². The fraction of sp³-hybridized carbons (Fsp3) is 0.500. The maximum Gasteiger partial charge on any atom is 0.193 e. The summed E-state index contributed by atoms with van der Waals surface area (Å²) >= 11 is 0. The standard InChI is InChI=1S/C14H23N5/c1-17(2)14(16)19-9-3-8-18(10-11-19)13-6-4-12(15)5-7-13/h4-7,16H,3,8-11,15H2,1-2H3. The summed E-state index contributed by atoms with van der Waals surface area (Å²) in [5.41, 5.74) is 7.74. The van der Waals surface area contributed by atoms with Crippen LogP contribution in [-0.4, -0.2) is 56.0 Å². The molecule has 0 aliphatic carbocycles. The number of guanidine groups is 1. The van der Waals surface area contributed by atoms with Crippen LogP contribution in [0, 0.1) is 5.41 Å². The molecule has 5 nitrogen and oxygen atoms in total. The quantitative estimate of drug-likeness (QED) is 0.454. The van der Waals surface area contributed by atoms with Gasteiger partial charge in [0.1, 0.15) is 0 Å². The number of anilines is 2. The highest BCUT2D eigenvalue weighted by atomic mass is 15.4. The van der Waals surface area contributed by atoms with Gasteiger partial charge in [-0.3, -0.25) is 5.41 Å². The van der Waals surface area contributed by atoms with Crippen molar-refractivity contribution in [2.45, 2.75) is 6.42 Å². The van der Waals surface area contributed by atoms with Crippen LogP contribution in [0.1, 0.15) is 6.42 Å². The van der Waals surface area contributed by atoms with E-state index in [-0.39, 0.29) is 0 Å². The molecule has 3 N–H and O–H groups in total. The zero-order valence-electron chi connectivity index (χ0n) is 11.8. The van der Waals surface area contributed by atoms with Crippen molar-refractivity contribution in [2.24, 2.45) is 0 Å². The monoisotopic (exact) mass is 261 g/mol. The van der Waals surface area contributed by atoms with Crippen molar-refractivity contribution in [2.75, 3.05) is 50.9 Å². The molecule has 0 amide bonds. The summed E-state index contributed by atoms with van der Waals surface area (Å²) in [5.74, 6) is 0.596. The number of nitrogens with one attached hydrogen (secondary N) is 1. The van der Waals surface area contributed by atoms with Crippen LogP contribution in [0.25, 0.3) is 0 Å². The molecule has 1 aliphatic rings. The number of nitrogens with two attached hydrogens (primary N) is 1. The molecular formula is C14H23N5. The van der Waals surface area contributed by atoms with E-state index in [9.17, 15) is 0 Å². The van der Waals surface area contributed by atoms with Gasteiger partial charge in [0, 0.05) is 51.6 Å². The van der Waals surface area contributed by atoms with Gasteiger partial charge >= 0.3 is 0 Å². The molecule has 0 unspecified atom stereocenters. The average molecular weight is 261 g/mol. The highest BCUT2D eigenvalue weighted by Gasteiger charge is 2.17. The molecule has 0 aromatic heterocycles. The summed E-state index contributed by atoms with van der Waals surface area (Å²) in [6.45, 7) is 3.81. The summed E-state index contributed by atoms with van der Waals surface area (Å²) in [6.07, 6.45) is 1.07. The van der Waals surface area contributed by atoms with Crippen LogP contribution < -0.4 is 10.6 Å². The molecule has 1 aromatic rings. The Kier molecular flexibility index (Phi) is 4.14. The fourth-order valence-corrected chi connectivity index (χ4v) is 2.36. The van der Waals surface area contributed by atoms with Crippen LogP contribution in [0.2, 0.25) is 0 Å². The number of hydrogen-bond acceptors (Lipinski definition) is 3. The number of benzene rings is 1.